The molecule has 0 radical (unpaired) electrons. The summed E-state index contributed by atoms with van der Waals surface area (Å²) in [7, 11) is 0. The van der Waals surface area contributed by atoms with Crippen LogP contribution in [0.5, 0.6) is 0 Å². The van der Waals surface area contributed by atoms with Crippen molar-refractivity contribution in [2.45, 2.75) is 44.1 Å². The molecule has 2 fully saturated rings. The van der Waals surface area contributed by atoms with E-state index < -0.39 is 11.6 Å². The highest BCUT2D eigenvalue weighted by Gasteiger charge is 2.47. The lowest BCUT2D eigenvalue weighted by molar-refractivity contribution is -0.137. The monoisotopic (exact) mass is 401 g/mol. The maximum Gasteiger partial charge on any atom is 0.226 e. The van der Waals surface area contributed by atoms with Gasteiger partial charge >= 0.3 is 0 Å². The van der Waals surface area contributed by atoms with Gasteiger partial charge in [0.1, 0.15) is 0 Å². The van der Waals surface area contributed by atoms with E-state index >= 15 is 0 Å². The SMILES string of the molecule is Cl.NCCC(=O)NCC1CCCCN1C(=O)C1CC1c1ccc(F)c(F)c1. The van der Waals surface area contributed by atoms with E-state index in [-0.39, 0.29) is 48.5 Å². The molecule has 1 aromatic carbocycles. The molecule has 1 heterocycles. The largest absolute Gasteiger partial charge is 0.354 e. The summed E-state index contributed by atoms with van der Waals surface area (Å²) >= 11 is 0. The van der Waals surface area contributed by atoms with Gasteiger partial charge in [-0.1, -0.05) is 6.07 Å². The maximum absolute atomic E-state index is 13.4. The molecule has 1 saturated heterocycles. The number of hydrogen-bond acceptors (Lipinski definition) is 3. The number of nitrogens with one attached hydrogen (secondary N) is 1. The van der Waals surface area contributed by atoms with Crippen LogP contribution in [0.3, 0.4) is 0 Å². The van der Waals surface area contributed by atoms with Crippen molar-refractivity contribution in [3.8, 4) is 0 Å². The Hall–Kier alpha value is -1.73. The van der Waals surface area contributed by atoms with E-state index in [1.165, 1.54) is 6.07 Å². The molecule has 0 aromatic heterocycles. The van der Waals surface area contributed by atoms with Crippen molar-refractivity contribution in [2.24, 2.45) is 11.7 Å². The van der Waals surface area contributed by atoms with Gasteiger partial charge in [0, 0.05) is 38.0 Å². The van der Waals surface area contributed by atoms with Crippen LogP contribution in [0.25, 0.3) is 0 Å². The van der Waals surface area contributed by atoms with Gasteiger partial charge in [-0.2, -0.15) is 0 Å². The predicted molar refractivity (Wildman–Crippen MR) is 100 cm³/mol. The van der Waals surface area contributed by atoms with Crippen LogP contribution in [-0.4, -0.2) is 42.4 Å². The number of carbonyl (C=O) groups excluding carboxylic acids is 2. The minimum Gasteiger partial charge on any atom is -0.354 e. The van der Waals surface area contributed by atoms with Crippen molar-refractivity contribution >= 4 is 24.2 Å². The molecule has 3 N–H and O–H groups in total. The second-order valence-electron chi connectivity index (χ2n) is 7.15. The Morgan fingerprint density at radius 1 is 1.22 bits per heavy atom. The number of rotatable bonds is 6. The topological polar surface area (TPSA) is 75.4 Å². The third kappa shape index (κ3) is 5.17. The Balaban J connectivity index is 0.00000261. The number of carbonyl (C=O) groups is 2. The van der Waals surface area contributed by atoms with Crippen LogP contribution >= 0.6 is 12.4 Å². The van der Waals surface area contributed by atoms with Gasteiger partial charge in [0.05, 0.1) is 0 Å². The summed E-state index contributed by atoms with van der Waals surface area (Å²) in [6, 6.07) is 3.84. The van der Waals surface area contributed by atoms with Gasteiger partial charge < -0.3 is 16.0 Å². The minimum atomic E-state index is -0.876. The Labute approximate surface area is 164 Å². The molecule has 3 rings (SSSR count). The van der Waals surface area contributed by atoms with Crippen LogP contribution < -0.4 is 11.1 Å². The molecule has 27 heavy (non-hydrogen) atoms. The number of piperidine rings is 1. The molecule has 3 atom stereocenters. The van der Waals surface area contributed by atoms with Crippen LogP contribution in [0.15, 0.2) is 18.2 Å². The highest BCUT2D eigenvalue weighted by molar-refractivity contribution is 5.85. The quantitative estimate of drug-likeness (QED) is 0.768. The third-order valence-electron chi connectivity index (χ3n) is 5.30. The molecule has 1 aliphatic carbocycles. The number of likely N-dealkylation sites (tertiary alicyclic amines) is 1. The molecule has 2 aliphatic rings. The molecular weight excluding hydrogens is 376 g/mol. The van der Waals surface area contributed by atoms with E-state index in [2.05, 4.69) is 5.32 Å². The van der Waals surface area contributed by atoms with E-state index in [1.54, 1.807) is 6.07 Å². The predicted octanol–water partition coefficient (Wildman–Crippen LogP) is 2.34. The van der Waals surface area contributed by atoms with Crippen molar-refractivity contribution in [3.63, 3.8) is 0 Å². The average molecular weight is 402 g/mol. The van der Waals surface area contributed by atoms with Crippen molar-refractivity contribution in [3.05, 3.63) is 35.4 Å². The first-order valence-electron chi connectivity index (χ1n) is 9.23. The summed E-state index contributed by atoms with van der Waals surface area (Å²) in [5.41, 5.74) is 6.05. The fourth-order valence-electron chi connectivity index (χ4n) is 3.75. The number of nitrogens with zero attached hydrogens (tertiary/aromatic N) is 1. The van der Waals surface area contributed by atoms with Crippen LogP contribution in [0.4, 0.5) is 8.78 Å². The summed E-state index contributed by atoms with van der Waals surface area (Å²) in [6.45, 7) is 1.42. The average Bonchev–Trinajstić information content (AvgIpc) is 3.43. The maximum atomic E-state index is 13.4. The lowest BCUT2D eigenvalue weighted by Crippen LogP contribution is -2.50. The number of nitrogens with two attached hydrogens (primary N) is 1. The second kappa shape index (κ2) is 9.46. The molecule has 0 bridgehead atoms. The van der Waals surface area contributed by atoms with Crippen LogP contribution in [0.1, 0.15) is 43.6 Å². The Morgan fingerprint density at radius 2 is 2.00 bits per heavy atom. The first-order chi connectivity index (χ1) is 12.5. The molecule has 0 spiro atoms. The molecule has 1 saturated carbocycles. The lowest BCUT2D eigenvalue weighted by atomic mass is 10.0. The van der Waals surface area contributed by atoms with Gasteiger partial charge in [0.15, 0.2) is 11.6 Å². The highest BCUT2D eigenvalue weighted by atomic mass is 35.5. The normalized spacial score (nSPS) is 24.1. The van der Waals surface area contributed by atoms with Crippen molar-refractivity contribution in [1.29, 1.82) is 0 Å². The molecule has 1 aliphatic heterocycles. The minimum absolute atomic E-state index is 0. The summed E-state index contributed by atoms with van der Waals surface area (Å²) in [5.74, 6) is -2.03. The standard InChI is InChI=1S/C19H25F2N3O2.ClH/c20-16-5-4-12(9-17(16)21)14-10-15(14)19(26)24-8-2-1-3-13(24)11-23-18(25)6-7-22;/h4-5,9,13-15H,1-3,6-8,10-11,22H2,(H,23,25);1H. The van der Waals surface area contributed by atoms with Crippen molar-refractivity contribution in [1.82, 2.24) is 10.2 Å². The Morgan fingerprint density at radius 3 is 2.70 bits per heavy atom. The van der Waals surface area contributed by atoms with Gasteiger partial charge in [-0.3, -0.25) is 9.59 Å². The van der Waals surface area contributed by atoms with E-state index in [1.807, 2.05) is 4.90 Å². The van der Waals surface area contributed by atoms with Crippen LogP contribution in [-0.2, 0) is 9.59 Å². The third-order valence-corrected chi connectivity index (χ3v) is 5.30. The number of benzene rings is 1. The first kappa shape index (κ1) is 21.6. The molecule has 1 aromatic rings. The van der Waals surface area contributed by atoms with Crippen molar-refractivity contribution in [2.75, 3.05) is 19.6 Å². The van der Waals surface area contributed by atoms with Gasteiger partial charge in [0.25, 0.3) is 0 Å². The zero-order chi connectivity index (χ0) is 18.7. The zero-order valence-corrected chi connectivity index (χ0v) is 15.9. The fraction of sp³-hybridized carbons (Fsp3) is 0.579. The zero-order valence-electron chi connectivity index (χ0n) is 15.1. The van der Waals surface area contributed by atoms with Gasteiger partial charge in [-0.15, -0.1) is 12.4 Å². The molecule has 2 amide bonds. The van der Waals surface area contributed by atoms with Crippen molar-refractivity contribution < 1.29 is 18.4 Å². The highest BCUT2D eigenvalue weighted by Crippen LogP contribution is 2.49. The van der Waals surface area contributed by atoms with E-state index in [9.17, 15) is 18.4 Å². The molecule has 8 heteroatoms. The fourth-order valence-corrected chi connectivity index (χ4v) is 3.75. The smallest absolute Gasteiger partial charge is 0.226 e. The molecule has 150 valence electrons. The second-order valence-corrected chi connectivity index (χ2v) is 7.15. The summed E-state index contributed by atoms with van der Waals surface area (Å²) in [4.78, 5) is 26.4. The summed E-state index contributed by atoms with van der Waals surface area (Å²) < 4.78 is 26.5. The summed E-state index contributed by atoms with van der Waals surface area (Å²) in [5, 5.41) is 2.85. The first-order valence-corrected chi connectivity index (χ1v) is 9.23. The lowest BCUT2D eigenvalue weighted by Gasteiger charge is -2.36. The van der Waals surface area contributed by atoms with Gasteiger partial charge in [-0.05, 0) is 49.3 Å². The Bertz CT molecular complexity index is 689. The Kier molecular flexibility index (Phi) is 7.56. The molecule has 5 nitrogen and oxygen atoms in total. The summed E-state index contributed by atoms with van der Waals surface area (Å²) in [6.07, 6.45) is 3.77. The number of amides is 2. The number of halogens is 3. The van der Waals surface area contributed by atoms with E-state index in [4.69, 9.17) is 5.73 Å². The molecule has 3 unspecified atom stereocenters. The van der Waals surface area contributed by atoms with Gasteiger partial charge in [0.2, 0.25) is 11.8 Å². The van der Waals surface area contributed by atoms with Gasteiger partial charge in [-0.25, -0.2) is 8.78 Å². The van der Waals surface area contributed by atoms with E-state index in [0.29, 0.717) is 31.6 Å². The molecular formula is C19H26ClF2N3O2. The number of hydrogen-bond donors (Lipinski definition) is 2. The van der Waals surface area contributed by atoms with Crippen LogP contribution in [0.2, 0.25) is 0 Å². The van der Waals surface area contributed by atoms with Crippen LogP contribution in [0, 0.1) is 17.6 Å². The van der Waals surface area contributed by atoms with E-state index in [0.717, 1.165) is 25.3 Å².